The molecule has 0 aromatic carbocycles. The number of carbonyl (C=O) groups excluding carboxylic acids is 2. The van der Waals surface area contributed by atoms with Crippen molar-refractivity contribution >= 4 is 11.9 Å². The molecule has 0 bridgehead atoms. The van der Waals surface area contributed by atoms with Gasteiger partial charge in [0.25, 0.3) is 0 Å². The van der Waals surface area contributed by atoms with E-state index in [2.05, 4.69) is 31.3 Å². The van der Waals surface area contributed by atoms with E-state index >= 15 is 0 Å². The van der Waals surface area contributed by atoms with Crippen LogP contribution in [0.4, 0.5) is 0 Å². The Morgan fingerprint density at radius 3 is 0.973 bits per heavy atom. The van der Waals surface area contributed by atoms with Crippen LogP contribution < -0.4 is 5.32 Å². The van der Waals surface area contributed by atoms with Crippen molar-refractivity contribution in [2.24, 2.45) is 0 Å². The molecule has 0 spiro atoms. The number of aliphatic hydroxyl groups excluding tert-OH is 2. The highest BCUT2D eigenvalue weighted by molar-refractivity contribution is 5.76. The lowest BCUT2D eigenvalue weighted by atomic mass is 10.0. The second kappa shape index (κ2) is 63.1. The summed E-state index contributed by atoms with van der Waals surface area (Å²) in [5.74, 6) is -0.0320. The first-order chi connectivity index (χ1) is 36.0. The standard InChI is InChI=1S/C67H131NO5/c1-3-5-7-9-11-13-15-17-19-20-21-22-23-25-28-32-35-39-43-47-51-55-59-65(70)64(63-69)68-66(71)60-56-52-48-44-40-36-33-29-26-24-27-30-34-38-42-46-50-54-58-62-73-67(72)61-57-53-49-45-41-37-31-18-16-14-12-10-8-6-4-2/h24,26,64-65,69-70H,3-23,25,27-63H2,1-2H3,(H,68,71)/b26-24-. The lowest BCUT2D eigenvalue weighted by Gasteiger charge is -2.22. The molecule has 73 heavy (non-hydrogen) atoms. The molecule has 2 unspecified atom stereocenters. The smallest absolute Gasteiger partial charge is 0.305 e. The average Bonchev–Trinajstić information content (AvgIpc) is 3.39. The van der Waals surface area contributed by atoms with Gasteiger partial charge in [0.2, 0.25) is 5.91 Å². The number of esters is 1. The molecule has 1 amide bonds. The van der Waals surface area contributed by atoms with Gasteiger partial charge in [0.05, 0.1) is 25.4 Å². The average molecular weight is 1030 g/mol. The summed E-state index contributed by atoms with van der Waals surface area (Å²) in [7, 11) is 0. The normalized spacial score (nSPS) is 12.5. The quantitative estimate of drug-likeness (QED) is 0.0320. The van der Waals surface area contributed by atoms with Crippen molar-refractivity contribution in [2.45, 2.75) is 392 Å². The van der Waals surface area contributed by atoms with Gasteiger partial charge in [-0.25, -0.2) is 0 Å². The number of rotatable bonds is 63. The van der Waals surface area contributed by atoms with E-state index in [1.807, 2.05) is 0 Å². The Bertz CT molecular complexity index is 1100. The maximum absolute atomic E-state index is 12.5. The number of unbranched alkanes of at least 4 members (excludes halogenated alkanes) is 50. The molecule has 3 N–H and O–H groups in total. The van der Waals surface area contributed by atoms with Gasteiger partial charge in [0.1, 0.15) is 0 Å². The van der Waals surface area contributed by atoms with Crippen LogP contribution in [0.3, 0.4) is 0 Å². The van der Waals surface area contributed by atoms with Crippen molar-refractivity contribution in [3.05, 3.63) is 12.2 Å². The molecule has 0 saturated carbocycles. The molecule has 0 heterocycles. The van der Waals surface area contributed by atoms with Gasteiger partial charge in [0, 0.05) is 12.8 Å². The number of hydrogen-bond acceptors (Lipinski definition) is 5. The monoisotopic (exact) mass is 1030 g/mol. The number of amides is 1. The van der Waals surface area contributed by atoms with Gasteiger partial charge in [-0.05, 0) is 51.4 Å². The molecule has 6 heteroatoms. The van der Waals surface area contributed by atoms with Gasteiger partial charge in [-0.2, -0.15) is 0 Å². The van der Waals surface area contributed by atoms with E-state index in [1.54, 1.807) is 0 Å². The number of aliphatic hydroxyl groups is 2. The van der Waals surface area contributed by atoms with Crippen LogP contribution >= 0.6 is 0 Å². The summed E-state index contributed by atoms with van der Waals surface area (Å²) in [6, 6.07) is -0.549. The zero-order chi connectivity index (χ0) is 52.9. The fraction of sp³-hybridized carbons (Fsp3) is 0.940. The molecule has 6 nitrogen and oxygen atoms in total. The van der Waals surface area contributed by atoms with Gasteiger partial charge >= 0.3 is 5.97 Å². The highest BCUT2D eigenvalue weighted by atomic mass is 16.5. The predicted octanol–water partition coefficient (Wildman–Crippen LogP) is 21.2. The first-order valence-corrected chi connectivity index (χ1v) is 33.4. The molecule has 0 aliphatic rings. The van der Waals surface area contributed by atoms with Crippen molar-refractivity contribution in [2.75, 3.05) is 13.2 Å². The third kappa shape index (κ3) is 59.7. The fourth-order valence-corrected chi connectivity index (χ4v) is 10.7. The minimum atomic E-state index is -0.671. The summed E-state index contributed by atoms with van der Waals surface area (Å²) in [5, 5.41) is 23.4. The number of allylic oxidation sites excluding steroid dienone is 2. The van der Waals surface area contributed by atoms with Crippen LogP contribution in [-0.2, 0) is 14.3 Å². The summed E-state index contributed by atoms with van der Waals surface area (Å²) in [5.41, 5.74) is 0. The van der Waals surface area contributed by atoms with Crippen LogP contribution in [0.2, 0.25) is 0 Å². The summed E-state index contributed by atoms with van der Waals surface area (Å²) in [6.07, 6.45) is 76.6. The van der Waals surface area contributed by atoms with Gasteiger partial charge in [-0.15, -0.1) is 0 Å². The van der Waals surface area contributed by atoms with E-state index in [-0.39, 0.29) is 18.5 Å². The second-order valence-electron chi connectivity index (χ2n) is 23.2. The summed E-state index contributed by atoms with van der Waals surface area (Å²) in [6.45, 7) is 4.98. The third-order valence-electron chi connectivity index (χ3n) is 15.8. The molecule has 2 atom stereocenters. The van der Waals surface area contributed by atoms with E-state index < -0.39 is 12.1 Å². The Morgan fingerprint density at radius 1 is 0.370 bits per heavy atom. The molecule has 0 aromatic heterocycles. The Morgan fingerprint density at radius 2 is 0.644 bits per heavy atom. The van der Waals surface area contributed by atoms with E-state index in [4.69, 9.17) is 4.74 Å². The maximum atomic E-state index is 12.5. The Balaban J connectivity index is 3.42. The van der Waals surface area contributed by atoms with Crippen LogP contribution in [0.15, 0.2) is 12.2 Å². The Kier molecular flexibility index (Phi) is 61.9. The van der Waals surface area contributed by atoms with E-state index in [9.17, 15) is 19.8 Å². The highest BCUT2D eigenvalue weighted by Gasteiger charge is 2.20. The van der Waals surface area contributed by atoms with Crippen LogP contribution in [0.25, 0.3) is 0 Å². The van der Waals surface area contributed by atoms with Gasteiger partial charge in [0.15, 0.2) is 0 Å². The van der Waals surface area contributed by atoms with Crippen molar-refractivity contribution in [3.63, 3.8) is 0 Å². The molecule has 0 aliphatic carbocycles. The molecule has 0 fully saturated rings. The lowest BCUT2D eigenvalue weighted by molar-refractivity contribution is -0.143. The van der Waals surface area contributed by atoms with Crippen molar-refractivity contribution in [3.8, 4) is 0 Å². The highest BCUT2D eigenvalue weighted by Crippen LogP contribution is 2.19. The van der Waals surface area contributed by atoms with Crippen LogP contribution in [-0.4, -0.2) is 47.4 Å². The summed E-state index contributed by atoms with van der Waals surface area (Å²) >= 11 is 0. The molecular weight excluding hydrogens is 899 g/mol. The molecular formula is C67H131NO5. The largest absolute Gasteiger partial charge is 0.466 e. The van der Waals surface area contributed by atoms with Gasteiger partial charge < -0.3 is 20.3 Å². The van der Waals surface area contributed by atoms with E-state index in [0.29, 0.717) is 25.9 Å². The molecule has 0 aliphatic heterocycles. The molecule has 0 saturated heterocycles. The minimum absolute atomic E-state index is 0.00805. The number of carbonyl (C=O) groups is 2. The summed E-state index contributed by atoms with van der Waals surface area (Å²) in [4.78, 5) is 24.6. The first-order valence-electron chi connectivity index (χ1n) is 33.4. The maximum Gasteiger partial charge on any atom is 0.305 e. The van der Waals surface area contributed by atoms with Gasteiger partial charge in [-0.3, -0.25) is 9.59 Å². The molecule has 0 rings (SSSR count). The SMILES string of the molecule is CCCCCCCCCCCCCCCCCCCCCCCCC(O)C(CO)NC(=O)CCCCCCCCC/C=C\CCCCCCCCCCOC(=O)CCCCCCCCCCCCCCCCC. The number of hydrogen-bond donors (Lipinski definition) is 3. The van der Waals surface area contributed by atoms with Gasteiger partial charge in [-0.1, -0.05) is 328 Å². The predicted molar refractivity (Wildman–Crippen MR) is 320 cm³/mol. The zero-order valence-electron chi connectivity index (χ0n) is 49.6. The third-order valence-corrected chi connectivity index (χ3v) is 15.8. The van der Waals surface area contributed by atoms with Crippen LogP contribution in [0.5, 0.6) is 0 Å². The second-order valence-corrected chi connectivity index (χ2v) is 23.2. The topological polar surface area (TPSA) is 95.9 Å². The van der Waals surface area contributed by atoms with E-state index in [1.165, 1.54) is 308 Å². The zero-order valence-corrected chi connectivity index (χ0v) is 49.6. The Labute approximate surface area is 457 Å². The lowest BCUT2D eigenvalue weighted by Crippen LogP contribution is -2.45. The van der Waals surface area contributed by atoms with Crippen molar-refractivity contribution in [1.29, 1.82) is 0 Å². The number of ether oxygens (including phenoxy) is 1. The Hall–Kier alpha value is -1.40. The van der Waals surface area contributed by atoms with Crippen LogP contribution in [0, 0.1) is 0 Å². The van der Waals surface area contributed by atoms with Crippen molar-refractivity contribution in [1.82, 2.24) is 5.32 Å². The first kappa shape index (κ1) is 71.6. The van der Waals surface area contributed by atoms with Crippen LogP contribution in [0.1, 0.15) is 380 Å². The molecule has 0 aromatic rings. The minimum Gasteiger partial charge on any atom is -0.466 e. The molecule has 434 valence electrons. The van der Waals surface area contributed by atoms with E-state index in [0.717, 1.165) is 38.5 Å². The number of nitrogens with one attached hydrogen (secondary N) is 1. The van der Waals surface area contributed by atoms with Crippen molar-refractivity contribution < 1.29 is 24.5 Å². The summed E-state index contributed by atoms with van der Waals surface area (Å²) < 4.78 is 5.49. The molecule has 0 radical (unpaired) electrons. The fourth-order valence-electron chi connectivity index (χ4n) is 10.7.